The van der Waals surface area contributed by atoms with Crippen molar-refractivity contribution in [3.8, 4) is 11.3 Å². The smallest absolute Gasteiger partial charge is 0.265 e. The lowest BCUT2D eigenvalue weighted by Crippen LogP contribution is -2.50. The summed E-state index contributed by atoms with van der Waals surface area (Å²) in [6, 6.07) is 9.95. The van der Waals surface area contributed by atoms with E-state index in [0.29, 0.717) is 0 Å². The van der Waals surface area contributed by atoms with Crippen LogP contribution in [0.1, 0.15) is 23.0 Å². The summed E-state index contributed by atoms with van der Waals surface area (Å²) in [5, 5.41) is 0. The summed E-state index contributed by atoms with van der Waals surface area (Å²) in [5.41, 5.74) is 2.98. The van der Waals surface area contributed by atoms with Crippen molar-refractivity contribution < 1.29 is 18.9 Å². The van der Waals surface area contributed by atoms with E-state index in [2.05, 4.69) is 0 Å². The number of hydrogen-bond acceptors (Lipinski definition) is 4. The van der Waals surface area contributed by atoms with Gasteiger partial charge in [-0.2, -0.15) is 4.89 Å². The standard InChI is InChI=1S/C14H12O4/c1-8-7-11-12(16-8)9-5-3-4-6-10(9)13-14(11,15-2)18-17-13/h3-7,13H,1-2H3. The van der Waals surface area contributed by atoms with Crippen molar-refractivity contribution in [3.63, 3.8) is 0 Å². The molecule has 4 nitrogen and oxygen atoms in total. The van der Waals surface area contributed by atoms with Crippen molar-refractivity contribution >= 4 is 0 Å². The van der Waals surface area contributed by atoms with E-state index in [9.17, 15) is 0 Å². The Labute approximate surface area is 104 Å². The van der Waals surface area contributed by atoms with Gasteiger partial charge in [0, 0.05) is 18.2 Å². The summed E-state index contributed by atoms with van der Waals surface area (Å²) in [7, 11) is 1.62. The Morgan fingerprint density at radius 1 is 1.28 bits per heavy atom. The minimum absolute atomic E-state index is 0.233. The van der Waals surface area contributed by atoms with E-state index in [0.717, 1.165) is 28.2 Å². The summed E-state index contributed by atoms with van der Waals surface area (Å²) < 4.78 is 11.4. The zero-order chi connectivity index (χ0) is 12.3. The Hall–Kier alpha value is -1.62. The zero-order valence-corrected chi connectivity index (χ0v) is 10.1. The molecule has 4 rings (SSSR count). The molecule has 0 N–H and O–H groups in total. The minimum atomic E-state index is -0.860. The van der Waals surface area contributed by atoms with Crippen molar-refractivity contribution in [2.75, 3.05) is 7.11 Å². The van der Waals surface area contributed by atoms with Gasteiger partial charge < -0.3 is 9.15 Å². The summed E-state index contributed by atoms with van der Waals surface area (Å²) in [6.07, 6.45) is -0.233. The van der Waals surface area contributed by atoms with E-state index >= 15 is 0 Å². The number of benzene rings is 1. The third-order valence-electron chi connectivity index (χ3n) is 3.64. The van der Waals surface area contributed by atoms with Crippen LogP contribution in [0.15, 0.2) is 34.7 Å². The molecular formula is C14H12O4. The van der Waals surface area contributed by atoms with Crippen LogP contribution in [0.4, 0.5) is 0 Å². The van der Waals surface area contributed by atoms with Gasteiger partial charge in [-0.1, -0.05) is 24.3 Å². The Balaban J connectivity index is 2.06. The molecule has 0 saturated carbocycles. The van der Waals surface area contributed by atoms with Crippen LogP contribution >= 0.6 is 0 Å². The normalized spacial score (nSPS) is 28.0. The van der Waals surface area contributed by atoms with Crippen LogP contribution in [0.2, 0.25) is 0 Å². The van der Waals surface area contributed by atoms with Crippen LogP contribution in [-0.2, 0) is 20.3 Å². The first-order chi connectivity index (χ1) is 8.76. The van der Waals surface area contributed by atoms with E-state index in [1.165, 1.54) is 0 Å². The fourth-order valence-electron chi connectivity index (χ4n) is 2.78. The topological polar surface area (TPSA) is 40.8 Å². The monoisotopic (exact) mass is 244 g/mol. The van der Waals surface area contributed by atoms with Crippen molar-refractivity contribution in [1.82, 2.24) is 0 Å². The molecule has 4 heteroatoms. The summed E-state index contributed by atoms with van der Waals surface area (Å²) in [5.74, 6) is 0.786. The largest absolute Gasteiger partial charge is 0.461 e. The van der Waals surface area contributed by atoms with E-state index in [4.69, 9.17) is 18.9 Å². The van der Waals surface area contributed by atoms with Crippen molar-refractivity contribution in [2.24, 2.45) is 0 Å². The number of furan rings is 1. The molecule has 2 heterocycles. The zero-order valence-electron chi connectivity index (χ0n) is 10.1. The first-order valence-corrected chi connectivity index (χ1v) is 5.86. The Bertz CT molecular complexity index is 626. The van der Waals surface area contributed by atoms with Gasteiger partial charge in [-0.25, -0.2) is 4.89 Å². The Morgan fingerprint density at radius 3 is 2.83 bits per heavy atom. The van der Waals surface area contributed by atoms with Crippen LogP contribution in [0.25, 0.3) is 11.3 Å². The second-order valence-electron chi connectivity index (χ2n) is 4.62. The molecule has 0 amide bonds. The van der Waals surface area contributed by atoms with Gasteiger partial charge in [0.25, 0.3) is 5.79 Å². The second kappa shape index (κ2) is 3.23. The van der Waals surface area contributed by atoms with E-state index in [1.807, 2.05) is 37.3 Å². The van der Waals surface area contributed by atoms with E-state index in [-0.39, 0.29) is 6.10 Å². The van der Waals surface area contributed by atoms with Gasteiger partial charge in [-0.3, -0.25) is 0 Å². The first kappa shape index (κ1) is 10.3. The molecule has 1 aromatic heterocycles. The highest BCUT2D eigenvalue weighted by molar-refractivity contribution is 5.71. The molecule has 92 valence electrons. The van der Waals surface area contributed by atoms with Gasteiger partial charge in [-0.05, 0) is 13.0 Å². The number of fused-ring (bicyclic) bond motifs is 6. The number of rotatable bonds is 1. The maximum absolute atomic E-state index is 5.80. The molecule has 0 radical (unpaired) electrons. The van der Waals surface area contributed by atoms with E-state index < -0.39 is 5.79 Å². The molecule has 2 aromatic rings. The van der Waals surface area contributed by atoms with Gasteiger partial charge in [0.2, 0.25) is 0 Å². The highest BCUT2D eigenvalue weighted by Crippen LogP contribution is 2.58. The average molecular weight is 244 g/mol. The third-order valence-corrected chi connectivity index (χ3v) is 3.64. The van der Waals surface area contributed by atoms with E-state index in [1.54, 1.807) is 7.11 Å². The lowest BCUT2D eigenvalue weighted by atomic mass is 9.82. The Morgan fingerprint density at radius 2 is 2.11 bits per heavy atom. The van der Waals surface area contributed by atoms with Crippen LogP contribution in [-0.4, -0.2) is 7.11 Å². The van der Waals surface area contributed by atoms with Crippen LogP contribution in [0, 0.1) is 6.92 Å². The molecule has 1 aliphatic carbocycles. The number of hydrogen-bond donors (Lipinski definition) is 0. The molecule has 18 heavy (non-hydrogen) atoms. The van der Waals surface area contributed by atoms with Crippen LogP contribution in [0.5, 0.6) is 0 Å². The minimum Gasteiger partial charge on any atom is -0.461 e. The van der Waals surface area contributed by atoms with Crippen LogP contribution in [0.3, 0.4) is 0 Å². The molecule has 2 atom stereocenters. The maximum atomic E-state index is 5.80. The van der Waals surface area contributed by atoms with Crippen LogP contribution < -0.4 is 0 Å². The van der Waals surface area contributed by atoms with Gasteiger partial charge in [-0.15, -0.1) is 0 Å². The van der Waals surface area contributed by atoms with Gasteiger partial charge in [0.1, 0.15) is 11.5 Å². The predicted octanol–water partition coefficient (Wildman–Crippen LogP) is 3.07. The van der Waals surface area contributed by atoms with Crippen molar-refractivity contribution in [3.05, 3.63) is 47.2 Å². The highest BCUT2D eigenvalue weighted by Gasteiger charge is 2.60. The Kier molecular flexibility index (Phi) is 1.85. The lowest BCUT2D eigenvalue weighted by Gasteiger charge is -2.47. The summed E-state index contributed by atoms with van der Waals surface area (Å²) in [6.45, 7) is 1.92. The summed E-state index contributed by atoms with van der Waals surface area (Å²) in [4.78, 5) is 10.5. The first-order valence-electron chi connectivity index (χ1n) is 5.86. The second-order valence-corrected chi connectivity index (χ2v) is 4.62. The number of ether oxygens (including phenoxy) is 1. The molecule has 2 unspecified atom stereocenters. The molecule has 2 aliphatic rings. The SMILES string of the molecule is COC12OOC1c1ccccc1-c1oc(C)cc12. The third kappa shape index (κ3) is 1.01. The maximum Gasteiger partial charge on any atom is 0.265 e. The number of methoxy groups -OCH3 is 1. The molecule has 1 saturated heterocycles. The molecule has 0 bridgehead atoms. The summed E-state index contributed by atoms with van der Waals surface area (Å²) >= 11 is 0. The van der Waals surface area contributed by atoms with Crippen molar-refractivity contribution in [1.29, 1.82) is 0 Å². The quantitative estimate of drug-likeness (QED) is 0.723. The fraction of sp³-hybridized carbons (Fsp3) is 0.286. The molecule has 1 fully saturated rings. The molecule has 0 spiro atoms. The van der Waals surface area contributed by atoms with Gasteiger partial charge >= 0.3 is 0 Å². The van der Waals surface area contributed by atoms with Crippen molar-refractivity contribution in [2.45, 2.75) is 18.8 Å². The molecular weight excluding hydrogens is 232 g/mol. The average Bonchev–Trinajstić information content (AvgIpc) is 2.72. The number of aryl methyl sites for hydroxylation is 1. The molecule has 1 aromatic carbocycles. The predicted molar refractivity (Wildman–Crippen MR) is 62.5 cm³/mol. The highest BCUT2D eigenvalue weighted by atomic mass is 17.3. The lowest BCUT2D eigenvalue weighted by molar-refractivity contribution is -0.585. The van der Waals surface area contributed by atoms with Gasteiger partial charge in [0.05, 0.1) is 5.56 Å². The fourth-order valence-corrected chi connectivity index (χ4v) is 2.78. The molecule has 1 aliphatic heterocycles. The van der Waals surface area contributed by atoms with Gasteiger partial charge in [0.15, 0.2) is 6.10 Å².